The van der Waals surface area contributed by atoms with Crippen molar-refractivity contribution in [3.8, 4) is 0 Å². The Labute approximate surface area is 508 Å². The van der Waals surface area contributed by atoms with E-state index in [1.165, 1.54) is 260 Å². The molecule has 0 saturated carbocycles. The third kappa shape index (κ3) is 3.93. The number of fused-ring (bicyclic) bond motifs is 10. The van der Waals surface area contributed by atoms with E-state index in [1.807, 2.05) is 65.7 Å². The van der Waals surface area contributed by atoms with Crippen LogP contribution in [0.2, 0.25) is 29.0 Å². The molecule has 0 bridgehead atoms. The Kier molecular flexibility index (Phi) is 12.6. The molecule has 0 radical (unpaired) electrons. The molecular weight excluding hydrogens is 1140 g/mol. The minimum absolute atomic E-state index is 0.590. The van der Waals surface area contributed by atoms with E-state index in [1.54, 1.807) is 22.3 Å². The van der Waals surface area contributed by atoms with Gasteiger partial charge in [0.15, 0.2) is 0 Å². The maximum absolute atomic E-state index is 5.35. The van der Waals surface area contributed by atoms with Gasteiger partial charge in [0.2, 0.25) is 0 Å². The molecule has 0 aromatic heterocycles. The molecule has 10 saturated heterocycles. The molecule has 4 atom stereocenters. The SMILES string of the molecule is CCCCc1ccc(P(c2ccc(CCCC)c(CCCC)c2CCCC)[C]23[CH]4[CH]5[CH]6[C]2(P(c2ccc(CCCC)c(CCCC)c2CCCC)c2ccc(CCCC)c(CCCC)c2CCCC)[Zr]54632789[CH]3[CH]2[CH]7[CH]8[CH]39)c(CCCC)c1CCCC. The molecule has 1 spiro atoms. The molecule has 466 valence electrons. The van der Waals surface area contributed by atoms with Crippen LogP contribution < -0.4 is 21.2 Å². The van der Waals surface area contributed by atoms with Gasteiger partial charge in [0, 0.05) is 0 Å². The average Bonchev–Trinajstić information content (AvgIpc) is 1.03. The van der Waals surface area contributed by atoms with Crippen LogP contribution in [0.15, 0.2) is 48.5 Å². The molecule has 3 heteroatoms. The van der Waals surface area contributed by atoms with Gasteiger partial charge in [-0.3, -0.25) is 0 Å². The van der Waals surface area contributed by atoms with Crippen molar-refractivity contribution in [3.05, 3.63) is 115 Å². The number of hydrogen-bond acceptors (Lipinski definition) is 0. The zero-order valence-corrected chi connectivity index (χ0v) is 61.3. The average molecular weight is 1260 g/mol. The number of aryl methyl sites for hydroxylation is 4. The molecule has 4 aromatic rings. The van der Waals surface area contributed by atoms with E-state index < -0.39 is 27.2 Å². The van der Waals surface area contributed by atoms with Gasteiger partial charge in [-0.15, -0.1) is 0 Å². The Hall–Kier alpha value is -1.38. The van der Waals surface area contributed by atoms with Gasteiger partial charge in [-0.05, 0) is 0 Å². The van der Waals surface area contributed by atoms with Crippen molar-refractivity contribution >= 4 is 37.1 Å². The topological polar surface area (TPSA) is 0 Å². The third-order valence-electron chi connectivity index (χ3n) is 37.4. The summed E-state index contributed by atoms with van der Waals surface area (Å²) in [6.07, 6.45) is 47.3. The second-order valence-corrected chi connectivity index (χ2v) is 93.9. The zero-order chi connectivity index (χ0) is 59.4. The fourth-order valence-corrected chi connectivity index (χ4v) is 318. The van der Waals surface area contributed by atoms with Gasteiger partial charge in [0.05, 0.1) is 0 Å². The summed E-state index contributed by atoms with van der Waals surface area (Å²) in [6.45, 7) is 29.9. The van der Waals surface area contributed by atoms with Crippen molar-refractivity contribution in [1.29, 1.82) is 0 Å². The molecule has 10 heterocycles. The van der Waals surface area contributed by atoms with Gasteiger partial charge in [0.25, 0.3) is 0 Å². The second-order valence-electron chi connectivity index (χ2n) is 35.5. The first kappa shape index (κ1) is 61.1. The van der Waals surface area contributed by atoms with Crippen LogP contribution in [0, 0.1) is 0 Å². The molecule has 0 nitrogen and oxygen atoms in total. The second kappa shape index (κ2) is 17.4. The Balaban J connectivity index is 1.12. The van der Waals surface area contributed by atoms with Crippen molar-refractivity contribution < 1.29 is 11.4 Å². The molecule has 10 fully saturated rings. The molecular formula is C82H124P2Zr. The predicted molar refractivity (Wildman–Crippen MR) is 377 cm³/mol. The van der Waals surface area contributed by atoms with E-state index >= 15 is 0 Å². The van der Waals surface area contributed by atoms with Crippen LogP contribution in [0.3, 0.4) is 0 Å². The van der Waals surface area contributed by atoms with E-state index in [9.17, 15) is 0 Å². The number of rotatable bonds is 42. The first-order valence-corrected chi connectivity index (χ1v) is 55.2. The van der Waals surface area contributed by atoms with Crippen LogP contribution in [0.25, 0.3) is 0 Å². The fourth-order valence-electron chi connectivity index (χ4n) is 37.8. The normalized spacial score (nSPS) is 34.4. The van der Waals surface area contributed by atoms with Crippen molar-refractivity contribution in [2.24, 2.45) is 0 Å². The summed E-state index contributed by atoms with van der Waals surface area (Å²) < 4.78 is 11.3. The van der Waals surface area contributed by atoms with Gasteiger partial charge in [-0.1, -0.05) is 0 Å². The van der Waals surface area contributed by atoms with Crippen LogP contribution in [-0.2, 0) is 88.4 Å². The van der Waals surface area contributed by atoms with Gasteiger partial charge >= 0.3 is 513 Å². The Bertz CT molecular complexity index is 3100. The van der Waals surface area contributed by atoms with Gasteiger partial charge in [0.1, 0.15) is 0 Å². The van der Waals surface area contributed by atoms with Crippen molar-refractivity contribution in [2.75, 3.05) is 0 Å². The summed E-state index contributed by atoms with van der Waals surface area (Å²) in [6, 6.07) is 23.6. The van der Waals surface area contributed by atoms with E-state index in [2.05, 4.69) is 132 Å². The molecule has 14 rings (SSSR count). The quantitative estimate of drug-likeness (QED) is 0.0388. The van der Waals surface area contributed by atoms with Crippen molar-refractivity contribution in [2.45, 2.75) is 349 Å². The molecule has 4 unspecified atom stereocenters. The minimum atomic E-state index is -5.35. The number of unbranched alkanes of at least 4 members (excludes halogenated alkanes) is 12. The first-order valence-electron chi connectivity index (χ1n) is 38.7. The molecule has 0 aliphatic carbocycles. The van der Waals surface area contributed by atoms with Gasteiger partial charge < -0.3 is 0 Å². The molecule has 4 aromatic carbocycles. The van der Waals surface area contributed by atoms with Crippen LogP contribution >= 0.6 is 15.8 Å². The summed E-state index contributed by atoms with van der Waals surface area (Å²) in [5, 5.41) is 8.12. The Morgan fingerprint density at radius 2 is 0.435 bits per heavy atom. The van der Waals surface area contributed by atoms with Crippen molar-refractivity contribution in [1.82, 2.24) is 0 Å². The summed E-state index contributed by atoms with van der Waals surface area (Å²) in [7, 11) is -1.18. The maximum atomic E-state index is 3.03. The Morgan fingerprint density at radius 1 is 0.247 bits per heavy atom. The van der Waals surface area contributed by atoms with Crippen LogP contribution in [-0.4, -0.2) is 5.73 Å². The van der Waals surface area contributed by atoms with E-state index in [0.29, 0.717) is 5.73 Å². The molecule has 0 N–H and O–H groups in total. The van der Waals surface area contributed by atoms with Crippen LogP contribution in [0.5, 0.6) is 0 Å². The predicted octanol–water partition coefficient (Wildman–Crippen LogP) is 23.6. The standard InChI is InChI=1S/C77H119P2.C5H5.Zr/c1-13-25-38-60-52-56-72(68(46-33-21-9)64(60)42-29-17-5)78(73-57-53-61(39-26-14-2)65(43-30-18-6)69(73)47-34-22-10)76-50-37-51-77(76)79(74-58-54-62(40-27-15-3)66(44-31-19-7)70(74)48-35-23-11)75-59-55-63(41-28-16-4)67(45-32-20-8)71(75)49-36-24-12;1-2-4-5-3-1;/h37,50-59H,13-36,38-49H2,1-12H3;1-5H;. The van der Waals surface area contributed by atoms with E-state index in [4.69, 9.17) is 0 Å². The number of benzene rings is 4. The number of hydrogen-bond donors (Lipinski definition) is 0. The van der Waals surface area contributed by atoms with Crippen LogP contribution in [0.1, 0.15) is 304 Å². The summed E-state index contributed by atoms with van der Waals surface area (Å²) in [5.74, 6) is 0. The zero-order valence-electron chi connectivity index (χ0n) is 57.1. The van der Waals surface area contributed by atoms with Crippen molar-refractivity contribution in [3.63, 3.8) is 0 Å². The molecule has 0 amide bonds. The third-order valence-corrected chi connectivity index (χ3v) is 156. The monoisotopic (exact) mass is 1260 g/mol. The van der Waals surface area contributed by atoms with Crippen LogP contribution in [0.4, 0.5) is 0 Å². The summed E-state index contributed by atoms with van der Waals surface area (Å²) in [4.78, 5) is 0. The molecule has 85 heavy (non-hydrogen) atoms. The molecule has 10 aliphatic rings. The molecule has 10 aliphatic heterocycles. The summed E-state index contributed by atoms with van der Waals surface area (Å²) in [5.41, 5.74) is 22.4. The summed E-state index contributed by atoms with van der Waals surface area (Å²) >= 11 is -5.35. The fraction of sp³-hybridized carbons (Fsp3) is 0.707. The first-order chi connectivity index (χ1) is 41.5. The van der Waals surface area contributed by atoms with Gasteiger partial charge in [-0.2, -0.15) is 0 Å². The Morgan fingerprint density at radius 3 is 0.612 bits per heavy atom. The van der Waals surface area contributed by atoms with E-state index in [0.717, 1.165) is 0 Å². The van der Waals surface area contributed by atoms with Gasteiger partial charge in [-0.25, -0.2) is 0 Å². The van der Waals surface area contributed by atoms with E-state index in [-0.39, 0.29) is 0 Å².